The quantitative estimate of drug-likeness (QED) is 0.801. The van der Waals surface area contributed by atoms with Crippen LogP contribution in [0.1, 0.15) is 19.8 Å². The molecular formula is C14H19N5O2. The van der Waals surface area contributed by atoms with Gasteiger partial charge in [-0.15, -0.1) is 0 Å². The number of hydrogen-bond acceptors (Lipinski definition) is 4. The number of nitrogens with zero attached hydrogens (tertiary/aromatic N) is 5. The van der Waals surface area contributed by atoms with Gasteiger partial charge in [-0.2, -0.15) is 5.10 Å². The largest absolute Gasteiger partial charge is 0.341 e. The van der Waals surface area contributed by atoms with Crippen molar-refractivity contribution in [3.05, 3.63) is 22.9 Å². The molecule has 0 radical (unpaired) electrons. The van der Waals surface area contributed by atoms with Crippen LogP contribution in [-0.2, 0) is 18.4 Å². The minimum Gasteiger partial charge on any atom is -0.341 e. The van der Waals surface area contributed by atoms with Crippen LogP contribution in [0.4, 0.5) is 0 Å². The van der Waals surface area contributed by atoms with Crippen molar-refractivity contribution in [3.8, 4) is 0 Å². The van der Waals surface area contributed by atoms with E-state index in [0.29, 0.717) is 17.0 Å². The minimum atomic E-state index is -0.216. The summed E-state index contributed by atoms with van der Waals surface area (Å²) in [4.78, 5) is 30.7. The fourth-order valence-corrected chi connectivity index (χ4v) is 2.84. The molecule has 1 aliphatic heterocycles. The van der Waals surface area contributed by atoms with Gasteiger partial charge in [0, 0.05) is 20.1 Å². The third-order valence-electron chi connectivity index (χ3n) is 4.03. The van der Waals surface area contributed by atoms with E-state index in [1.54, 1.807) is 11.7 Å². The first-order valence-electron chi connectivity index (χ1n) is 7.21. The molecule has 0 N–H and O–H groups in total. The summed E-state index contributed by atoms with van der Waals surface area (Å²) in [6, 6.07) is 0. The van der Waals surface area contributed by atoms with Gasteiger partial charge in [-0.25, -0.2) is 4.98 Å². The third kappa shape index (κ3) is 2.55. The number of hydrogen-bond donors (Lipinski definition) is 0. The van der Waals surface area contributed by atoms with Crippen molar-refractivity contribution >= 4 is 16.9 Å². The summed E-state index contributed by atoms with van der Waals surface area (Å²) in [5, 5.41) is 4.47. The lowest BCUT2D eigenvalue weighted by Crippen LogP contribution is -2.42. The average Bonchev–Trinajstić information content (AvgIpc) is 2.84. The summed E-state index contributed by atoms with van der Waals surface area (Å²) in [7, 11) is 1.74. The van der Waals surface area contributed by atoms with Crippen molar-refractivity contribution in [2.75, 3.05) is 13.1 Å². The van der Waals surface area contributed by atoms with Gasteiger partial charge in [0.25, 0.3) is 5.56 Å². The Bertz CT molecular complexity index is 733. The zero-order valence-electron chi connectivity index (χ0n) is 12.3. The van der Waals surface area contributed by atoms with E-state index in [0.717, 1.165) is 25.9 Å². The van der Waals surface area contributed by atoms with Crippen LogP contribution in [0, 0.1) is 5.92 Å². The topological polar surface area (TPSA) is 73.0 Å². The van der Waals surface area contributed by atoms with Crippen molar-refractivity contribution in [2.24, 2.45) is 13.0 Å². The Hall–Kier alpha value is -2.18. The second-order valence-electron chi connectivity index (χ2n) is 5.77. The number of aryl methyl sites for hydroxylation is 1. The van der Waals surface area contributed by atoms with Crippen LogP contribution in [0.25, 0.3) is 11.0 Å². The monoisotopic (exact) mass is 289 g/mol. The fourth-order valence-electron chi connectivity index (χ4n) is 2.84. The molecule has 112 valence electrons. The number of amides is 1. The maximum atomic E-state index is 12.3. The molecular weight excluding hydrogens is 270 g/mol. The number of carbonyl (C=O) groups is 1. The van der Waals surface area contributed by atoms with Gasteiger partial charge in [0.05, 0.1) is 6.20 Å². The molecule has 1 amide bonds. The molecule has 2 aromatic heterocycles. The first kappa shape index (κ1) is 13.8. The molecule has 1 aliphatic rings. The smallest absolute Gasteiger partial charge is 0.264 e. The number of aromatic nitrogens is 4. The molecule has 0 bridgehead atoms. The predicted molar refractivity (Wildman–Crippen MR) is 77.7 cm³/mol. The number of piperidine rings is 1. The summed E-state index contributed by atoms with van der Waals surface area (Å²) in [5.74, 6) is 0.507. The van der Waals surface area contributed by atoms with Crippen LogP contribution in [0.5, 0.6) is 0 Å². The van der Waals surface area contributed by atoms with Crippen LogP contribution in [0.3, 0.4) is 0 Å². The van der Waals surface area contributed by atoms with Crippen LogP contribution in [0.15, 0.2) is 17.3 Å². The zero-order chi connectivity index (χ0) is 15.0. The summed E-state index contributed by atoms with van der Waals surface area (Å²) >= 11 is 0. The van der Waals surface area contributed by atoms with Crippen LogP contribution >= 0.6 is 0 Å². The molecule has 1 atom stereocenters. The maximum Gasteiger partial charge on any atom is 0.264 e. The molecule has 2 aromatic rings. The van der Waals surface area contributed by atoms with E-state index in [1.807, 2.05) is 4.90 Å². The standard InChI is InChI=1S/C14H19N5O2/c1-10-4-3-5-18(7-10)12(20)8-19-9-15-13-11(14(19)21)6-16-17(13)2/h6,9-10H,3-5,7-8H2,1-2H3/t10-/m0/s1. The second-order valence-corrected chi connectivity index (χ2v) is 5.77. The van der Waals surface area contributed by atoms with Gasteiger partial charge >= 0.3 is 0 Å². The second kappa shape index (κ2) is 5.31. The molecule has 21 heavy (non-hydrogen) atoms. The Morgan fingerprint density at radius 1 is 1.48 bits per heavy atom. The Morgan fingerprint density at radius 2 is 2.29 bits per heavy atom. The van der Waals surface area contributed by atoms with E-state index in [-0.39, 0.29) is 18.0 Å². The molecule has 7 nitrogen and oxygen atoms in total. The van der Waals surface area contributed by atoms with Gasteiger partial charge in [-0.3, -0.25) is 18.8 Å². The Labute approximate surface area is 122 Å². The minimum absolute atomic E-state index is 0.0197. The van der Waals surface area contributed by atoms with E-state index in [4.69, 9.17) is 0 Å². The lowest BCUT2D eigenvalue weighted by molar-refractivity contribution is -0.133. The molecule has 1 saturated heterocycles. The summed E-state index contributed by atoms with van der Waals surface area (Å²) in [5.41, 5.74) is 0.321. The first-order chi connectivity index (χ1) is 10.1. The highest BCUT2D eigenvalue weighted by Crippen LogP contribution is 2.15. The van der Waals surface area contributed by atoms with Gasteiger partial charge < -0.3 is 4.90 Å². The molecule has 0 spiro atoms. The molecule has 3 heterocycles. The van der Waals surface area contributed by atoms with Gasteiger partial charge in [-0.05, 0) is 18.8 Å². The van der Waals surface area contributed by atoms with Gasteiger partial charge in [0.15, 0.2) is 5.65 Å². The van der Waals surface area contributed by atoms with Gasteiger partial charge in [-0.1, -0.05) is 6.92 Å². The lowest BCUT2D eigenvalue weighted by Gasteiger charge is -2.31. The Balaban J connectivity index is 1.83. The third-order valence-corrected chi connectivity index (χ3v) is 4.03. The van der Waals surface area contributed by atoms with Crippen LogP contribution < -0.4 is 5.56 Å². The lowest BCUT2D eigenvalue weighted by atomic mass is 10.0. The van der Waals surface area contributed by atoms with Crippen molar-refractivity contribution in [3.63, 3.8) is 0 Å². The SMILES string of the molecule is C[C@H]1CCCN(C(=O)Cn2cnc3c(cnn3C)c2=O)C1. The van der Waals surface area contributed by atoms with E-state index >= 15 is 0 Å². The number of likely N-dealkylation sites (tertiary alicyclic amines) is 1. The number of carbonyl (C=O) groups excluding carboxylic acids is 1. The summed E-state index contributed by atoms with van der Waals surface area (Å²) in [6.45, 7) is 3.74. The molecule has 0 saturated carbocycles. The molecule has 0 aliphatic carbocycles. The molecule has 7 heteroatoms. The predicted octanol–water partition coefficient (Wildman–Crippen LogP) is 0.389. The average molecular weight is 289 g/mol. The highest BCUT2D eigenvalue weighted by atomic mass is 16.2. The van der Waals surface area contributed by atoms with Crippen LogP contribution in [0.2, 0.25) is 0 Å². The Morgan fingerprint density at radius 3 is 3.05 bits per heavy atom. The molecule has 1 fully saturated rings. The van der Waals surface area contributed by atoms with E-state index in [1.165, 1.54) is 17.1 Å². The fraction of sp³-hybridized carbons (Fsp3) is 0.571. The molecule has 0 unspecified atom stereocenters. The zero-order valence-corrected chi connectivity index (χ0v) is 12.3. The van der Waals surface area contributed by atoms with Crippen molar-refractivity contribution in [2.45, 2.75) is 26.3 Å². The number of rotatable bonds is 2. The summed E-state index contributed by atoms with van der Waals surface area (Å²) < 4.78 is 2.92. The van der Waals surface area contributed by atoms with E-state index in [2.05, 4.69) is 17.0 Å². The van der Waals surface area contributed by atoms with Crippen LogP contribution in [-0.4, -0.2) is 43.2 Å². The highest BCUT2D eigenvalue weighted by Gasteiger charge is 2.21. The maximum absolute atomic E-state index is 12.3. The molecule has 3 rings (SSSR count). The van der Waals surface area contributed by atoms with E-state index in [9.17, 15) is 9.59 Å². The van der Waals surface area contributed by atoms with Crippen molar-refractivity contribution in [1.29, 1.82) is 0 Å². The molecule has 0 aromatic carbocycles. The summed E-state index contributed by atoms with van der Waals surface area (Å²) in [6.07, 6.45) is 5.11. The normalized spacial score (nSPS) is 19.1. The van der Waals surface area contributed by atoms with Gasteiger partial charge in [0.1, 0.15) is 18.3 Å². The highest BCUT2D eigenvalue weighted by molar-refractivity contribution is 5.77. The van der Waals surface area contributed by atoms with Crippen molar-refractivity contribution in [1.82, 2.24) is 24.2 Å². The van der Waals surface area contributed by atoms with Crippen molar-refractivity contribution < 1.29 is 4.79 Å². The Kier molecular flexibility index (Phi) is 3.48. The number of fused-ring (bicyclic) bond motifs is 1. The van der Waals surface area contributed by atoms with E-state index < -0.39 is 0 Å². The first-order valence-corrected chi connectivity index (χ1v) is 7.21. The van der Waals surface area contributed by atoms with Gasteiger partial charge in [0.2, 0.25) is 5.91 Å².